The molecule has 0 aromatic carbocycles. The van der Waals surface area contributed by atoms with Crippen molar-refractivity contribution in [2.45, 2.75) is 27.3 Å². The molecule has 0 saturated carbocycles. The van der Waals surface area contributed by atoms with Crippen molar-refractivity contribution < 1.29 is 9.53 Å². The molecule has 136 valence electrons. The number of nitrogens with one attached hydrogen (secondary N) is 1. The summed E-state index contributed by atoms with van der Waals surface area (Å²) >= 11 is 1.22. The van der Waals surface area contributed by atoms with E-state index in [-0.39, 0.29) is 18.0 Å². The Bertz CT molecular complexity index is 1070. The van der Waals surface area contributed by atoms with E-state index in [9.17, 15) is 9.59 Å². The van der Waals surface area contributed by atoms with Crippen LogP contribution in [0.4, 0.5) is 0 Å². The van der Waals surface area contributed by atoms with Gasteiger partial charge in [-0.2, -0.15) is 0 Å². The maximum Gasteiger partial charge on any atom is 0.262 e. The van der Waals surface area contributed by atoms with Crippen LogP contribution in [0.15, 0.2) is 17.3 Å². The quantitative estimate of drug-likeness (QED) is 0.759. The van der Waals surface area contributed by atoms with Crippen molar-refractivity contribution in [1.82, 2.24) is 19.9 Å². The van der Waals surface area contributed by atoms with Gasteiger partial charge in [-0.3, -0.25) is 14.6 Å². The highest BCUT2D eigenvalue weighted by atomic mass is 32.1. The second-order valence-electron chi connectivity index (χ2n) is 6.13. The summed E-state index contributed by atoms with van der Waals surface area (Å²) in [5, 5.41) is 3.38. The first-order valence-corrected chi connectivity index (χ1v) is 8.88. The number of ether oxygens (including phenoxy) is 1. The van der Waals surface area contributed by atoms with Gasteiger partial charge in [0.05, 0.1) is 35.9 Å². The first kappa shape index (κ1) is 18.1. The number of thiophene rings is 1. The summed E-state index contributed by atoms with van der Waals surface area (Å²) in [5.41, 5.74) is 3.10. The van der Waals surface area contributed by atoms with Crippen LogP contribution in [0.5, 0.6) is 5.75 Å². The van der Waals surface area contributed by atoms with Gasteiger partial charge in [-0.15, -0.1) is 11.3 Å². The molecule has 1 amide bonds. The van der Waals surface area contributed by atoms with Gasteiger partial charge in [-0.25, -0.2) is 4.98 Å². The molecule has 0 atom stereocenters. The molecule has 0 aliphatic rings. The Morgan fingerprint density at radius 3 is 2.69 bits per heavy atom. The topological polar surface area (TPSA) is 86.1 Å². The van der Waals surface area contributed by atoms with Gasteiger partial charge < -0.3 is 14.6 Å². The molecule has 0 radical (unpaired) electrons. The number of carbonyl (C=O) groups excluding carboxylic acids is 1. The van der Waals surface area contributed by atoms with Gasteiger partial charge >= 0.3 is 0 Å². The van der Waals surface area contributed by atoms with E-state index in [1.165, 1.54) is 22.2 Å². The second kappa shape index (κ2) is 6.87. The highest BCUT2D eigenvalue weighted by Gasteiger charge is 2.19. The fourth-order valence-electron chi connectivity index (χ4n) is 2.92. The van der Waals surface area contributed by atoms with Gasteiger partial charge in [0, 0.05) is 24.4 Å². The molecule has 0 aliphatic heterocycles. The predicted molar refractivity (Wildman–Crippen MR) is 101 cm³/mol. The third-order valence-corrected chi connectivity index (χ3v) is 5.58. The molecule has 3 rings (SSSR count). The molecule has 3 heterocycles. The van der Waals surface area contributed by atoms with Crippen LogP contribution < -0.4 is 15.6 Å². The van der Waals surface area contributed by atoms with Crippen molar-refractivity contribution in [3.8, 4) is 5.75 Å². The average molecular weight is 372 g/mol. The Labute approximate surface area is 154 Å². The van der Waals surface area contributed by atoms with E-state index < -0.39 is 0 Å². The van der Waals surface area contributed by atoms with Gasteiger partial charge in [0.2, 0.25) is 0 Å². The number of fused-ring (bicyclic) bond motifs is 1. The molecule has 0 unspecified atom stereocenters. The van der Waals surface area contributed by atoms with Crippen LogP contribution in [-0.2, 0) is 13.6 Å². The lowest BCUT2D eigenvalue weighted by Crippen LogP contribution is -2.24. The summed E-state index contributed by atoms with van der Waals surface area (Å²) in [5.74, 6) is 0.531. The van der Waals surface area contributed by atoms with Gasteiger partial charge in [-0.1, -0.05) is 0 Å². The zero-order valence-corrected chi connectivity index (χ0v) is 16.2. The monoisotopic (exact) mass is 372 g/mol. The Morgan fingerprint density at radius 2 is 2.00 bits per heavy atom. The third-order valence-electron chi connectivity index (χ3n) is 4.38. The van der Waals surface area contributed by atoms with E-state index >= 15 is 0 Å². The highest BCUT2D eigenvalue weighted by Crippen LogP contribution is 2.27. The van der Waals surface area contributed by atoms with Gasteiger partial charge in [0.15, 0.2) is 0 Å². The largest absolute Gasteiger partial charge is 0.496 e. The van der Waals surface area contributed by atoms with Crippen molar-refractivity contribution in [3.63, 3.8) is 0 Å². The number of hydrogen-bond donors (Lipinski definition) is 1. The van der Waals surface area contributed by atoms with Crippen molar-refractivity contribution in [2.75, 3.05) is 7.11 Å². The number of amides is 1. The standard InChI is InChI=1S/C18H20N4O3S/c1-9-6-19-12(10(2)14(9)25-5)7-20-16(23)15-11(3)13-17(26-15)21-8-22(4)18(13)24/h6,8H,7H2,1-5H3,(H,20,23). The molecule has 3 aromatic heterocycles. The SMILES string of the molecule is COc1c(C)cnc(CNC(=O)c2sc3ncn(C)c(=O)c3c2C)c1C. The first-order chi connectivity index (χ1) is 12.3. The fourth-order valence-corrected chi connectivity index (χ4v) is 3.97. The number of aromatic nitrogens is 3. The van der Waals surface area contributed by atoms with E-state index in [0.29, 0.717) is 20.7 Å². The van der Waals surface area contributed by atoms with Crippen molar-refractivity contribution in [3.05, 3.63) is 50.1 Å². The number of rotatable bonds is 4. The molecule has 3 aromatic rings. The summed E-state index contributed by atoms with van der Waals surface area (Å²) in [6.45, 7) is 5.89. The summed E-state index contributed by atoms with van der Waals surface area (Å²) in [4.78, 5) is 34.6. The highest BCUT2D eigenvalue weighted by molar-refractivity contribution is 7.20. The average Bonchev–Trinajstić information content (AvgIpc) is 2.95. The van der Waals surface area contributed by atoms with Crippen molar-refractivity contribution in [2.24, 2.45) is 7.05 Å². The molecule has 0 fully saturated rings. The molecular formula is C18H20N4O3S. The second-order valence-corrected chi connectivity index (χ2v) is 7.12. The van der Waals surface area contributed by atoms with Crippen LogP contribution in [0.3, 0.4) is 0 Å². The molecular weight excluding hydrogens is 352 g/mol. The Hall–Kier alpha value is -2.74. The van der Waals surface area contributed by atoms with Crippen LogP contribution in [-0.4, -0.2) is 27.6 Å². The number of pyridine rings is 1. The molecule has 7 nitrogen and oxygen atoms in total. The zero-order chi connectivity index (χ0) is 19.0. The van der Waals surface area contributed by atoms with Gasteiger partial charge in [-0.05, 0) is 26.3 Å². The van der Waals surface area contributed by atoms with Crippen LogP contribution in [0.1, 0.15) is 32.1 Å². The minimum absolute atomic E-state index is 0.149. The summed E-state index contributed by atoms with van der Waals surface area (Å²) in [6, 6.07) is 0. The van der Waals surface area contributed by atoms with Crippen LogP contribution >= 0.6 is 11.3 Å². The molecule has 0 aliphatic carbocycles. The molecule has 8 heteroatoms. The third kappa shape index (κ3) is 2.96. The first-order valence-electron chi connectivity index (χ1n) is 8.07. The maximum atomic E-state index is 12.6. The van der Waals surface area contributed by atoms with Crippen LogP contribution in [0.25, 0.3) is 10.2 Å². The number of aryl methyl sites for hydroxylation is 3. The van der Waals surface area contributed by atoms with E-state index in [4.69, 9.17) is 4.74 Å². The molecule has 0 saturated heterocycles. The normalized spacial score (nSPS) is 11.0. The van der Waals surface area contributed by atoms with Crippen LogP contribution in [0, 0.1) is 20.8 Å². The number of carbonyl (C=O) groups is 1. The molecule has 1 N–H and O–H groups in total. The number of hydrogen-bond acceptors (Lipinski definition) is 6. The zero-order valence-electron chi connectivity index (χ0n) is 15.3. The number of methoxy groups -OCH3 is 1. The minimum atomic E-state index is -0.242. The predicted octanol–water partition coefficient (Wildman–Crippen LogP) is 2.25. The van der Waals surface area contributed by atoms with E-state index in [1.54, 1.807) is 27.3 Å². The lowest BCUT2D eigenvalue weighted by atomic mass is 10.1. The summed E-state index contributed by atoms with van der Waals surface area (Å²) < 4.78 is 6.81. The number of nitrogens with zero attached hydrogens (tertiary/aromatic N) is 3. The van der Waals surface area contributed by atoms with E-state index in [2.05, 4.69) is 15.3 Å². The Morgan fingerprint density at radius 1 is 1.27 bits per heavy atom. The molecule has 0 spiro atoms. The van der Waals surface area contributed by atoms with Crippen molar-refractivity contribution in [1.29, 1.82) is 0 Å². The molecule has 0 bridgehead atoms. The Balaban J connectivity index is 1.88. The maximum absolute atomic E-state index is 12.6. The van der Waals surface area contributed by atoms with E-state index in [0.717, 1.165) is 22.6 Å². The summed E-state index contributed by atoms with van der Waals surface area (Å²) in [6.07, 6.45) is 3.19. The minimum Gasteiger partial charge on any atom is -0.496 e. The van der Waals surface area contributed by atoms with Gasteiger partial charge in [0.25, 0.3) is 11.5 Å². The van der Waals surface area contributed by atoms with Gasteiger partial charge in [0.1, 0.15) is 10.6 Å². The molecule has 26 heavy (non-hydrogen) atoms. The Kier molecular flexibility index (Phi) is 4.78. The summed E-state index contributed by atoms with van der Waals surface area (Å²) in [7, 11) is 3.26. The van der Waals surface area contributed by atoms with E-state index in [1.807, 2.05) is 13.8 Å². The lowest BCUT2D eigenvalue weighted by Gasteiger charge is -2.12. The smallest absolute Gasteiger partial charge is 0.262 e. The fraction of sp³-hybridized carbons (Fsp3) is 0.333. The van der Waals surface area contributed by atoms with Crippen molar-refractivity contribution >= 4 is 27.5 Å². The van der Waals surface area contributed by atoms with Crippen LogP contribution in [0.2, 0.25) is 0 Å². The lowest BCUT2D eigenvalue weighted by molar-refractivity contribution is 0.0954.